The molecule has 8 heteroatoms. The van der Waals surface area contributed by atoms with Crippen LogP contribution in [0.5, 0.6) is 0 Å². The molecule has 0 unspecified atom stereocenters. The molecule has 1 N–H and O–H groups in total. The second-order valence-corrected chi connectivity index (χ2v) is 10.5. The molecule has 0 saturated heterocycles. The van der Waals surface area contributed by atoms with Crippen molar-refractivity contribution >= 4 is 33.4 Å². The van der Waals surface area contributed by atoms with Crippen LogP contribution in [0.15, 0.2) is 82.3 Å². The van der Waals surface area contributed by atoms with Crippen molar-refractivity contribution in [3.05, 3.63) is 84.3 Å². The SMILES string of the molecule is CC(C)c1ccc(N(CC(=O)NCCSCc2ccco2)S(=O)(=O)c2ccccc2)cc1. The third kappa shape index (κ3) is 6.40. The van der Waals surface area contributed by atoms with E-state index in [0.717, 1.165) is 21.4 Å². The Kier molecular flexibility index (Phi) is 8.41. The topological polar surface area (TPSA) is 79.6 Å². The van der Waals surface area contributed by atoms with Gasteiger partial charge in [0, 0.05) is 12.3 Å². The largest absolute Gasteiger partial charge is 0.468 e. The Hall–Kier alpha value is -2.71. The van der Waals surface area contributed by atoms with Gasteiger partial charge in [-0.05, 0) is 47.9 Å². The van der Waals surface area contributed by atoms with Crippen LogP contribution >= 0.6 is 11.8 Å². The second kappa shape index (κ2) is 11.2. The van der Waals surface area contributed by atoms with E-state index in [4.69, 9.17) is 4.42 Å². The van der Waals surface area contributed by atoms with E-state index >= 15 is 0 Å². The molecule has 170 valence electrons. The Balaban J connectivity index is 1.68. The van der Waals surface area contributed by atoms with Crippen molar-refractivity contribution in [1.29, 1.82) is 0 Å². The van der Waals surface area contributed by atoms with Gasteiger partial charge in [0.05, 0.1) is 22.6 Å². The maximum Gasteiger partial charge on any atom is 0.264 e. The first-order valence-electron chi connectivity index (χ1n) is 10.4. The minimum Gasteiger partial charge on any atom is -0.468 e. The van der Waals surface area contributed by atoms with Gasteiger partial charge < -0.3 is 9.73 Å². The van der Waals surface area contributed by atoms with Crippen LogP contribution in [0.4, 0.5) is 5.69 Å². The molecule has 1 amide bonds. The number of benzene rings is 2. The molecule has 6 nitrogen and oxygen atoms in total. The number of carbonyl (C=O) groups excluding carboxylic acids is 1. The van der Waals surface area contributed by atoms with Crippen molar-refractivity contribution in [1.82, 2.24) is 5.32 Å². The van der Waals surface area contributed by atoms with Crippen LogP contribution in [-0.2, 0) is 20.6 Å². The van der Waals surface area contributed by atoms with Crippen molar-refractivity contribution in [3.63, 3.8) is 0 Å². The molecule has 0 aliphatic carbocycles. The zero-order chi connectivity index (χ0) is 23.0. The number of anilines is 1. The highest BCUT2D eigenvalue weighted by molar-refractivity contribution is 7.98. The van der Waals surface area contributed by atoms with E-state index < -0.39 is 10.0 Å². The Morgan fingerprint density at radius 2 is 1.75 bits per heavy atom. The van der Waals surface area contributed by atoms with Gasteiger partial charge in [-0.3, -0.25) is 9.10 Å². The summed E-state index contributed by atoms with van der Waals surface area (Å²) in [7, 11) is -3.89. The predicted molar refractivity (Wildman–Crippen MR) is 129 cm³/mol. The van der Waals surface area contributed by atoms with E-state index in [1.54, 1.807) is 48.4 Å². The molecular formula is C24H28N2O4S2. The zero-order valence-corrected chi connectivity index (χ0v) is 19.9. The Bertz CT molecular complexity index is 1080. The number of nitrogens with zero attached hydrogens (tertiary/aromatic N) is 1. The van der Waals surface area contributed by atoms with Crippen LogP contribution in [-0.4, -0.2) is 33.2 Å². The van der Waals surface area contributed by atoms with Crippen molar-refractivity contribution in [2.24, 2.45) is 0 Å². The molecule has 0 aliphatic rings. The molecule has 32 heavy (non-hydrogen) atoms. The van der Waals surface area contributed by atoms with Crippen LogP contribution in [0.25, 0.3) is 0 Å². The first kappa shape index (κ1) is 23.9. The summed E-state index contributed by atoms with van der Waals surface area (Å²) in [6.45, 7) is 4.30. The molecule has 0 saturated carbocycles. The molecule has 1 heterocycles. The van der Waals surface area contributed by atoms with Gasteiger partial charge in [0.25, 0.3) is 10.0 Å². The summed E-state index contributed by atoms with van der Waals surface area (Å²) in [5, 5.41) is 2.82. The molecule has 2 aromatic carbocycles. The predicted octanol–water partition coefficient (Wildman–Crippen LogP) is 4.65. The van der Waals surface area contributed by atoms with Gasteiger partial charge in [0.15, 0.2) is 0 Å². The highest BCUT2D eigenvalue weighted by atomic mass is 32.2. The summed E-state index contributed by atoms with van der Waals surface area (Å²) >= 11 is 1.63. The normalized spacial score (nSPS) is 11.5. The maximum absolute atomic E-state index is 13.3. The fourth-order valence-corrected chi connectivity index (χ4v) is 5.27. The summed E-state index contributed by atoms with van der Waals surface area (Å²) in [5.74, 6) is 2.27. The molecule has 0 bridgehead atoms. The molecule has 0 spiro atoms. The van der Waals surface area contributed by atoms with E-state index in [-0.39, 0.29) is 17.3 Å². The highest BCUT2D eigenvalue weighted by Gasteiger charge is 2.27. The third-order valence-electron chi connectivity index (χ3n) is 4.86. The lowest BCUT2D eigenvalue weighted by molar-refractivity contribution is -0.119. The molecule has 1 aromatic heterocycles. The molecule has 0 atom stereocenters. The van der Waals surface area contributed by atoms with Crippen molar-refractivity contribution in [3.8, 4) is 0 Å². The van der Waals surface area contributed by atoms with Gasteiger partial charge in [-0.25, -0.2) is 8.42 Å². The van der Waals surface area contributed by atoms with E-state index in [2.05, 4.69) is 19.2 Å². The molecule has 0 fully saturated rings. The highest BCUT2D eigenvalue weighted by Crippen LogP contribution is 2.25. The standard InChI is InChI=1S/C24H28N2O4S2/c1-19(2)20-10-12-21(13-11-20)26(32(28,29)23-8-4-3-5-9-23)17-24(27)25-14-16-31-18-22-7-6-15-30-22/h3-13,15,19H,14,16-18H2,1-2H3,(H,25,27). The average Bonchev–Trinajstić information content (AvgIpc) is 3.31. The number of rotatable bonds is 11. The fraction of sp³-hybridized carbons (Fsp3) is 0.292. The number of furan rings is 1. The second-order valence-electron chi connectivity index (χ2n) is 7.55. The van der Waals surface area contributed by atoms with Crippen LogP contribution in [0.3, 0.4) is 0 Å². The number of hydrogen-bond acceptors (Lipinski definition) is 5. The van der Waals surface area contributed by atoms with Crippen LogP contribution < -0.4 is 9.62 Å². The summed E-state index contributed by atoms with van der Waals surface area (Å²) in [4.78, 5) is 12.8. The zero-order valence-electron chi connectivity index (χ0n) is 18.2. The number of nitrogens with one attached hydrogen (secondary N) is 1. The van der Waals surface area contributed by atoms with E-state index in [1.807, 2.05) is 24.3 Å². The summed E-state index contributed by atoms with van der Waals surface area (Å²) in [5.41, 5.74) is 1.56. The average molecular weight is 473 g/mol. The molecule has 3 aromatic rings. The Morgan fingerprint density at radius 1 is 1.03 bits per heavy atom. The van der Waals surface area contributed by atoms with Gasteiger partial charge in [0.1, 0.15) is 12.3 Å². The monoisotopic (exact) mass is 472 g/mol. The van der Waals surface area contributed by atoms with Crippen molar-refractivity contribution in [2.45, 2.75) is 30.4 Å². The van der Waals surface area contributed by atoms with Gasteiger partial charge >= 0.3 is 0 Å². The van der Waals surface area contributed by atoms with Crippen LogP contribution in [0.1, 0.15) is 31.1 Å². The van der Waals surface area contributed by atoms with Crippen molar-refractivity contribution < 1.29 is 17.6 Å². The fourth-order valence-electron chi connectivity index (χ4n) is 3.08. The third-order valence-corrected chi connectivity index (χ3v) is 7.63. The van der Waals surface area contributed by atoms with Gasteiger partial charge in [-0.15, -0.1) is 0 Å². The summed E-state index contributed by atoms with van der Waals surface area (Å²) < 4.78 is 33.1. The van der Waals surface area contributed by atoms with Crippen LogP contribution in [0, 0.1) is 0 Å². The molecule has 0 aliphatic heterocycles. The van der Waals surface area contributed by atoms with Crippen molar-refractivity contribution in [2.75, 3.05) is 23.1 Å². The molecule has 0 radical (unpaired) electrons. The lowest BCUT2D eigenvalue weighted by Gasteiger charge is -2.24. The first-order valence-corrected chi connectivity index (χ1v) is 13.0. The van der Waals surface area contributed by atoms with Gasteiger partial charge in [-0.1, -0.05) is 44.2 Å². The van der Waals surface area contributed by atoms with E-state index in [1.165, 1.54) is 12.1 Å². The van der Waals surface area contributed by atoms with E-state index in [0.29, 0.717) is 23.9 Å². The Labute approximate surface area is 194 Å². The molecule has 3 rings (SSSR count). The lowest BCUT2D eigenvalue weighted by atomic mass is 10.0. The van der Waals surface area contributed by atoms with Gasteiger partial charge in [-0.2, -0.15) is 11.8 Å². The Morgan fingerprint density at radius 3 is 2.38 bits per heavy atom. The number of sulfonamides is 1. The molecular weight excluding hydrogens is 444 g/mol. The minimum absolute atomic E-state index is 0.148. The minimum atomic E-state index is -3.89. The first-order chi connectivity index (χ1) is 15.4. The summed E-state index contributed by atoms with van der Waals surface area (Å²) in [6.07, 6.45) is 1.63. The maximum atomic E-state index is 13.3. The van der Waals surface area contributed by atoms with Crippen LogP contribution in [0.2, 0.25) is 0 Å². The van der Waals surface area contributed by atoms with E-state index in [9.17, 15) is 13.2 Å². The van der Waals surface area contributed by atoms with Gasteiger partial charge in [0.2, 0.25) is 5.91 Å². The number of carbonyl (C=O) groups is 1. The quantitative estimate of drug-likeness (QED) is 0.411. The smallest absolute Gasteiger partial charge is 0.264 e. The lowest BCUT2D eigenvalue weighted by Crippen LogP contribution is -2.41. The number of hydrogen-bond donors (Lipinski definition) is 1. The number of thioether (sulfide) groups is 1. The summed E-state index contributed by atoms with van der Waals surface area (Å²) in [6, 6.07) is 19.2. The number of amides is 1.